The average Bonchev–Trinajstić information content (AvgIpc) is 2.70. The van der Waals surface area contributed by atoms with E-state index in [1.807, 2.05) is 52.0 Å². The smallest absolute Gasteiger partial charge is 0.243 e. The van der Waals surface area contributed by atoms with Crippen molar-refractivity contribution in [1.29, 1.82) is 0 Å². The van der Waals surface area contributed by atoms with Crippen LogP contribution in [0.2, 0.25) is 10.0 Å². The Labute approximate surface area is 189 Å². The molecule has 0 radical (unpaired) electrons. The Hall–Kier alpha value is -2.04. The maximum absolute atomic E-state index is 13.4. The highest BCUT2D eigenvalue weighted by Crippen LogP contribution is 2.24. The number of halogens is 2. The van der Waals surface area contributed by atoms with Crippen LogP contribution in [0.25, 0.3) is 0 Å². The normalized spacial score (nSPS) is 12.9. The Morgan fingerprint density at radius 3 is 2.33 bits per heavy atom. The minimum Gasteiger partial charge on any atom is -0.352 e. The minimum atomic E-state index is -0.581. The van der Waals surface area contributed by atoms with E-state index < -0.39 is 6.04 Å². The van der Waals surface area contributed by atoms with Crippen LogP contribution in [0.15, 0.2) is 42.5 Å². The first-order valence-electron chi connectivity index (χ1n) is 10.3. The van der Waals surface area contributed by atoms with Gasteiger partial charge in [0.15, 0.2) is 0 Å². The van der Waals surface area contributed by atoms with Crippen LogP contribution in [0.1, 0.15) is 50.3 Å². The van der Waals surface area contributed by atoms with Crippen LogP contribution in [0.5, 0.6) is 0 Å². The zero-order chi connectivity index (χ0) is 22.3. The molecule has 2 atom stereocenters. The van der Waals surface area contributed by atoms with Crippen LogP contribution in [0.3, 0.4) is 0 Å². The molecule has 0 aliphatic rings. The lowest BCUT2D eigenvalue weighted by Gasteiger charge is -2.32. The largest absolute Gasteiger partial charge is 0.352 e. The van der Waals surface area contributed by atoms with Gasteiger partial charge >= 0.3 is 0 Å². The van der Waals surface area contributed by atoms with Crippen molar-refractivity contribution in [3.05, 3.63) is 69.2 Å². The SMILES string of the molecule is CC[C@@H](C)NC(=O)[C@@H](CC)N(Cc1ccc(Cl)cc1Cl)C(=O)Cc1ccccc1C. The molecular weight excluding hydrogens is 419 g/mol. The summed E-state index contributed by atoms with van der Waals surface area (Å²) in [6, 6.07) is 12.5. The van der Waals surface area contributed by atoms with E-state index in [1.165, 1.54) is 0 Å². The molecule has 2 aromatic rings. The topological polar surface area (TPSA) is 49.4 Å². The summed E-state index contributed by atoms with van der Waals surface area (Å²) in [5, 5.41) is 4.02. The van der Waals surface area contributed by atoms with Gasteiger partial charge in [-0.2, -0.15) is 0 Å². The van der Waals surface area contributed by atoms with Gasteiger partial charge in [0.25, 0.3) is 0 Å². The predicted molar refractivity (Wildman–Crippen MR) is 124 cm³/mol. The van der Waals surface area contributed by atoms with Crippen molar-refractivity contribution in [2.24, 2.45) is 0 Å². The van der Waals surface area contributed by atoms with E-state index in [0.717, 1.165) is 23.1 Å². The molecule has 2 rings (SSSR count). The summed E-state index contributed by atoms with van der Waals surface area (Å²) in [7, 11) is 0. The fourth-order valence-electron chi connectivity index (χ4n) is 3.27. The maximum Gasteiger partial charge on any atom is 0.243 e. The molecule has 1 N–H and O–H groups in total. The molecular formula is C24H30Cl2N2O2. The molecule has 0 heterocycles. The molecule has 0 saturated heterocycles. The van der Waals surface area contributed by atoms with Crippen LogP contribution in [0, 0.1) is 6.92 Å². The molecule has 0 bridgehead atoms. The number of aryl methyl sites for hydroxylation is 1. The van der Waals surface area contributed by atoms with Crippen molar-refractivity contribution >= 4 is 35.0 Å². The lowest BCUT2D eigenvalue weighted by atomic mass is 10.0. The van der Waals surface area contributed by atoms with Crippen molar-refractivity contribution in [1.82, 2.24) is 10.2 Å². The van der Waals surface area contributed by atoms with E-state index in [0.29, 0.717) is 16.5 Å². The molecule has 0 fully saturated rings. The molecule has 2 aromatic carbocycles. The number of amides is 2. The number of nitrogens with one attached hydrogen (secondary N) is 1. The summed E-state index contributed by atoms with van der Waals surface area (Å²) in [4.78, 5) is 28.0. The lowest BCUT2D eigenvalue weighted by molar-refractivity contribution is -0.141. The highest BCUT2D eigenvalue weighted by Gasteiger charge is 2.29. The fraction of sp³-hybridized carbons (Fsp3) is 0.417. The Morgan fingerprint density at radius 2 is 1.73 bits per heavy atom. The van der Waals surface area contributed by atoms with Crippen molar-refractivity contribution in [2.75, 3.05) is 0 Å². The van der Waals surface area contributed by atoms with E-state index in [-0.39, 0.29) is 30.8 Å². The number of hydrogen-bond donors (Lipinski definition) is 1. The van der Waals surface area contributed by atoms with E-state index >= 15 is 0 Å². The quantitative estimate of drug-likeness (QED) is 0.545. The van der Waals surface area contributed by atoms with E-state index in [1.54, 1.807) is 23.1 Å². The maximum atomic E-state index is 13.4. The summed E-state index contributed by atoms with van der Waals surface area (Å²) >= 11 is 12.4. The Morgan fingerprint density at radius 1 is 1.03 bits per heavy atom. The zero-order valence-electron chi connectivity index (χ0n) is 18.0. The summed E-state index contributed by atoms with van der Waals surface area (Å²) in [6.45, 7) is 8.11. The van der Waals surface area contributed by atoms with Gasteiger partial charge in [-0.3, -0.25) is 9.59 Å². The standard InChI is InChI=1S/C24H30Cl2N2O2/c1-5-17(4)27-24(30)22(6-2)28(15-19-11-12-20(25)14-21(19)26)23(29)13-18-10-8-7-9-16(18)3/h7-12,14,17,22H,5-6,13,15H2,1-4H3,(H,27,30)/t17-,22-/m1/s1. The molecule has 0 aliphatic carbocycles. The van der Waals surface area contributed by atoms with Gasteiger partial charge in [-0.25, -0.2) is 0 Å². The number of rotatable bonds is 9. The van der Waals surface area contributed by atoms with E-state index in [9.17, 15) is 9.59 Å². The molecule has 0 spiro atoms. The van der Waals surface area contributed by atoms with Gasteiger partial charge in [-0.1, -0.05) is 67.4 Å². The first-order chi connectivity index (χ1) is 14.3. The highest BCUT2D eigenvalue weighted by atomic mass is 35.5. The van der Waals surface area contributed by atoms with Gasteiger partial charge in [0, 0.05) is 22.6 Å². The van der Waals surface area contributed by atoms with Crippen LogP contribution >= 0.6 is 23.2 Å². The first kappa shape index (κ1) is 24.2. The van der Waals surface area contributed by atoms with Crippen LogP contribution in [-0.4, -0.2) is 28.8 Å². The van der Waals surface area contributed by atoms with Crippen molar-refractivity contribution in [3.8, 4) is 0 Å². The van der Waals surface area contributed by atoms with E-state index in [2.05, 4.69) is 5.32 Å². The summed E-state index contributed by atoms with van der Waals surface area (Å²) in [5.74, 6) is -0.253. The van der Waals surface area contributed by atoms with Gasteiger partial charge in [0.05, 0.1) is 6.42 Å². The van der Waals surface area contributed by atoms with Gasteiger partial charge < -0.3 is 10.2 Å². The molecule has 0 aliphatic heterocycles. The molecule has 2 amide bonds. The van der Waals surface area contributed by atoms with Gasteiger partial charge in [-0.15, -0.1) is 0 Å². The summed E-state index contributed by atoms with van der Waals surface area (Å²) in [6.07, 6.45) is 1.56. The molecule has 0 unspecified atom stereocenters. The van der Waals surface area contributed by atoms with Crippen LogP contribution < -0.4 is 5.32 Å². The second kappa shape index (κ2) is 11.4. The number of carbonyl (C=O) groups is 2. The van der Waals surface area contributed by atoms with Gasteiger partial charge in [0.2, 0.25) is 11.8 Å². The van der Waals surface area contributed by atoms with Crippen molar-refractivity contribution in [3.63, 3.8) is 0 Å². The second-order valence-corrected chi connectivity index (χ2v) is 8.45. The molecule has 4 nitrogen and oxygen atoms in total. The summed E-state index contributed by atoms with van der Waals surface area (Å²) in [5.41, 5.74) is 2.76. The minimum absolute atomic E-state index is 0.0407. The summed E-state index contributed by atoms with van der Waals surface area (Å²) < 4.78 is 0. The lowest BCUT2D eigenvalue weighted by Crippen LogP contribution is -2.51. The van der Waals surface area contributed by atoms with Crippen molar-refractivity contribution in [2.45, 2.75) is 65.6 Å². The average molecular weight is 449 g/mol. The third-order valence-electron chi connectivity index (χ3n) is 5.35. The monoisotopic (exact) mass is 448 g/mol. The Balaban J connectivity index is 2.35. The molecule has 162 valence electrons. The number of hydrogen-bond acceptors (Lipinski definition) is 2. The van der Waals surface area contributed by atoms with Crippen LogP contribution in [0.4, 0.5) is 0 Å². The Bertz CT molecular complexity index is 885. The predicted octanol–water partition coefficient (Wildman–Crippen LogP) is 5.57. The molecule has 0 saturated carbocycles. The third kappa shape index (κ3) is 6.48. The van der Waals surface area contributed by atoms with Gasteiger partial charge in [-0.05, 0) is 55.5 Å². The van der Waals surface area contributed by atoms with Gasteiger partial charge in [0.1, 0.15) is 6.04 Å². The number of nitrogens with zero attached hydrogens (tertiary/aromatic N) is 1. The molecule has 0 aromatic heterocycles. The second-order valence-electron chi connectivity index (χ2n) is 7.60. The van der Waals surface area contributed by atoms with Crippen molar-refractivity contribution < 1.29 is 9.59 Å². The number of carbonyl (C=O) groups excluding carboxylic acids is 2. The Kier molecular flexibility index (Phi) is 9.19. The van der Waals surface area contributed by atoms with Crippen LogP contribution in [-0.2, 0) is 22.6 Å². The first-order valence-corrected chi connectivity index (χ1v) is 11.1. The molecule has 30 heavy (non-hydrogen) atoms. The third-order valence-corrected chi connectivity index (χ3v) is 5.93. The van der Waals surface area contributed by atoms with E-state index in [4.69, 9.17) is 23.2 Å². The fourth-order valence-corrected chi connectivity index (χ4v) is 3.74. The molecule has 6 heteroatoms. The highest BCUT2D eigenvalue weighted by molar-refractivity contribution is 6.35. The zero-order valence-corrected chi connectivity index (χ0v) is 19.6. The number of benzene rings is 2.